The first kappa shape index (κ1) is 21.7. The predicted octanol–water partition coefficient (Wildman–Crippen LogP) is 6.51. The molecule has 0 aliphatic heterocycles. The lowest BCUT2D eigenvalue weighted by Gasteiger charge is -2.15. The van der Waals surface area contributed by atoms with Gasteiger partial charge in [0.05, 0.1) is 25.3 Å². The Balaban J connectivity index is 1.75. The summed E-state index contributed by atoms with van der Waals surface area (Å²) in [6, 6.07) is 19.8. The topological polar surface area (TPSA) is 64.2 Å². The Morgan fingerprint density at radius 1 is 0.853 bits per heavy atom. The highest BCUT2D eigenvalue weighted by Crippen LogP contribution is 2.41. The average molecular weight is 467 g/mol. The van der Waals surface area contributed by atoms with Gasteiger partial charge in [0.1, 0.15) is 0 Å². The van der Waals surface area contributed by atoms with Crippen molar-refractivity contribution in [3.05, 3.63) is 99.9 Å². The van der Waals surface area contributed by atoms with Crippen LogP contribution in [-0.4, -0.2) is 24.2 Å². The van der Waals surface area contributed by atoms with Gasteiger partial charge in [0.25, 0.3) is 5.56 Å². The minimum Gasteiger partial charge on any atom is -0.493 e. The van der Waals surface area contributed by atoms with E-state index in [-0.39, 0.29) is 5.56 Å². The van der Waals surface area contributed by atoms with Gasteiger partial charge in [-0.3, -0.25) is 9.78 Å². The smallest absolute Gasteiger partial charge is 0.257 e. The summed E-state index contributed by atoms with van der Waals surface area (Å²) in [6.45, 7) is 0. The van der Waals surface area contributed by atoms with E-state index in [1.165, 1.54) is 0 Å². The molecule has 0 atom stereocenters. The lowest BCUT2D eigenvalue weighted by molar-refractivity contribution is 0.356. The maximum atomic E-state index is 13.3. The van der Waals surface area contributed by atoms with Gasteiger partial charge in [-0.1, -0.05) is 36.4 Å². The Hall–Kier alpha value is -4.16. The maximum absolute atomic E-state index is 13.3. The number of hydrogen-bond acceptors (Lipinski definition) is 5. The van der Waals surface area contributed by atoms with Gasteiger partial charge >= 0.3 is 0 Å². The van der Waals surface area contributed by atoms with Gasteiger partial charge in [0.15, 0.2) is 11.5 Å². The minimum absolute atomic E-state index is 0.144. The van der Waals surface area contributed by atoms with Crippen LogP contribution in [0.4, 0.5) is 0 Å². The van der Waals surface area contributed by atoms with Crippen molar-refractivity contribution in [3.63, 3.8) is 0 Å². The molecule has 2 aromatic carbocycles. The number of pyridine rings is 2. The van der Waals surface area contributed by atoms with Crippen molar-refractivity contribution in [2.24, 2.45) is 0 Å². The van der Waals surface area contributed by atoms with Crippen molar-refractivity contribution in [1.29, 1.82) is 0 Å². The largest absolute Gasteiger partial charge is 0.493 e. The number of thiophene rings is 1. The summed E-state index contributed by atoms with van der Waals surface area (Å²) in [7, 11) is 3.20. The van der Waals surface area contributed by atoms with Crippen molar-refractivity contribution in [2.45, 2.75) is 0 Å². The fraction of sp³-hybridized carbons (Fsp3) is 0.0714. The number of aromatic amines is 1. The number of H-pyrrole nitrogens is 1. The Bertz CT molecular complexity index is 1540. The van der Waals surface area contributed by atoms with E-state index in [4.69, 9.17) is 9.47 Å². The number of ether oxygens (including phenoxy) is 2. The summed E-state index contributed by atoms with van der Waals surface area (Å²) < 4.78 is 11.0. The Morgan fingerprint density at radius 3 is 2.35 bits per heavy atom. The molecule has 3 aromatic heterocycles. The van der Waals surface area contributed by atoms with Gasteiger partial charge in [-0.15, -0.1) is 11.3 Å². The zero-order valence-corrected chi connectivity index (χ0v) is 19.6. The first-order valence-corrected chi connectivity index (χ1v) is 11.6. The molecule has 0 aliphatic carbocycles. The van der Waals surface area contributed by atoms with Crippen LogP contribution < -0.4 is 15.0 Å². The molecule has 3 heterocycles. The van der Waals surface area contributed by atoms with E-state index >= 15 is 0 Å². The molecule has 0 saturated carbocycles. The van der Waals surface area contributed by atoms with E-state index in [1.54, 1.807) is 38.0 Å². The molecule has 5 rings (SSSR count). The number of benzene rings is 2. The number of hydrogen-bond donors (Lipinski definition) is 1. The standard InChI is InChI=1S/C28H22N2O3S/c1-32-23-16-21-22(17-24(23)33-2)30-28(31)27(25-7-4-14-34-25)26(21)20-6-3-5-19(15-20)9-8-18-10-12-29-13-11-18/h3-17H,1-2H3,(H,30,31). The van der Waals surface area contributed by atoms with Crippen LogP contribution in [-0.2, 0) is 0 Å². The number of fused-ring (bicyclic) bond motifs is 1. The normalized spacial score (nSPS) is 11.2. The second kappa shape index (κ2) is 9.37. The van der Waals surface area contributed by atoms with Gasteiger partial charge in [-0.25, -0.2) is 0 Å². The van der Waals surface area contributed by atoms with Gasteiger partial charge in [-0.2, -0.15) is 0 Å². The van der Waals surface area contributed by atoms with Crippen molar-refractivity contribution in [2.75, 3.05) is 14.2 Å². The van der Waals surface area contributed by atoms with Crippen molar-refractivity contribution < 1.29 is 9.47 Å². The fourth-order valence-corrected chi connectivity index (χ4v) is 4.82. The van der Waals surface area contributed by atoms with Gasteiger partial charge in [-0.05, 0) is 52.4 Å². The first-order valence-electron chi connectivity index (χ1n) is 10.7. The summed E-state index contributed by atoms with van der Waals surface area (Å²) in [4.78, 5) is 21.3. The molecule has 0 bridgehead atoms. The fourth-order valence-electron chi connectivity index (χ4n) is 4.04. The third-order valence-corrected chi connectivity index (χ3v) is 6.52. The molecule has 0 unspecified atom stereocenters. The van der Waals surface area contributed by atoms with E-state index in [0.29, 0.717) is 22.6 Å². The van der Waals surface area contributed by atoms with E-state index in [9.17, 15) is 4.79 Å². The molecule has 6 heteroatoms. The van der Waals surface area contributed by atoms with Crippen LogP contribution in [0.15, 0.2) is 83.2 Å². The molecule has 0 radical (unpaired) electrons. The number of nitrogens with zero attached hydrogens (tertiary/aromatic N) is 1. The number of rotatable bonds is 6. The van der Waals surface area contributed by atoms with E-state index in [1.807, 2.05) is 66.1 Å². The van der Waals surface area contributed by atoms with Crippen LogP contribution in [0.1, 0.15) is 11.1 Å². The van der Waals surface area contributed by atoms with Crippen LogP contribution in [0, 0.1) is 0 Å². The number of methoxy groups -OCH3 is 2. The van der Waals surface area contributed by atoms with Crippen LogP contribution in [0.2, 0.25) is 0 Å². The third kappa shape index (κ3) is 4.11. The molecule has 0 amide bonds. The quantitative estimate of drug-likeness (QED) is 0.310. The molecular weight excluding hydrogens is 444 g/mol. The first-order chi connectivity index (χ1) is 16.7. The summed E-state index contributed by atoms with van der Waals surface area (Å²) in [6.07, 6.45) is 7.65. The third-order valence-electron chi connectivity index (χ3n) is 5.64. The zero-order chi connectivity index (χ0) is 23.5. The molecule has 0 spiro atoms. The molecule has 1 N–H and O–H groups in total. The average Bonchev–Trinajstić information content (AvgIpc) is 3.41. The van der Waals surface area contributed by atoms with Crippen LogP contribution in [0.5, 0.6) is 11.5 Å². The Labute approximate surface area is 201 Å². The molecule has 168 valence electrons. The van der Waals surface area contributed by atoms with E-state index in [2.05, 4.69) is 22.1 Å². The van der Waals surface area contributed by atoms with Crippen LogP contribution in [0.3, 0.4) is 0 Å². The number of aromatic nitrogens is 2. The van der Waals surface area contributed by atoms with E-state index < -0.39 is 0 Å². The summed E-state index contributed by atoms with van der Waals surface area (Å²) in [5.41, 5.74) is 5.10. The second-order valence-electron chi connectivity index (χ2n) is 7.67. The van der Waals surface area contributed by atoms with Crippen LogP contribution >= 0.6 is 11.3 Å². The summed E-state index contributed by atoms with van der Waals surface area (Å²) >= 11 is 1.54. The van der Waals surface area contributed by atoms with Crippen LogP contribution in [0.25, 0.3) is 44.6 Å². The Kier molecular flexibility index (Phi) is 5.97. The Morgan fingerprint density at radius 2 is 1.62 bits per heavy atom. The molecule has 5 nitrogen and oxygen atoms in total. The zero-order valence-electron chi connectivity index (χ0n) is 18.7. The highest BCUT2D eigenvalue weighted by molar-refractivity contribution is 7.13. The van der Waals surface area contributed by atoms with Gasteiger partial charge in [0.2, 0.25) is 0 Å². The van der Waals surface area contributed by atoms with Crippen molar-refractivity contribution in [1.82, 2.24) is 9.97 Å². The maximum Gasteiger partial charge on any atom is 0.257 e. The van der Waals surface area contributed by atoms with Crippen molar-refractivity contribution in [3.8, 4) is 33.1 Å². The molecule has 5 aromatic rings. The molecule has 0 saturated heterocycles. The van der Waals surface area contributed by atoms with E-state index in [0.717, 1.165) is 32.5 Å². The summed E-state index contributed by atoms with van der Waals surface area (Å²) in [5.74, 6) is 1.17. The monoisotopic (exact) mass is 466 g/mol. The second-order valence-corrected chi connectivity index (χ2v) is 8.62. The minimum atomic E-state index is -0.144. The molecule has 0 fully saturated rings. The molecular formula is C28H22N2O3S. The summed E-state index contributed by atoms with van der Waals surface area (Å²) in [5, 5.41) is 2.86. The highest BCUT2D eigenvalue weighted by atomic mass is 32.1. The number of nitrogens with one attached hydrogen (secondary N) is 1. The highest BCUT2D eigenvalue weighted by Gasteiger charge is 2.19. The van der Waals surface area contributed by atoms with Gasteiger partial charge in [0, 0.05) is 34.3 Å². The molecule has 0 aliphatic rings. The van der Waals surface area contributed by atoms with Crippen molar-refractivity contribution >= 4 is 34.4 Å². The lowest BCUT2D eigenvalue weighted by Crippen LogP contribution is -2.11. The predicted molar refractivity (Wildman–Crippen MR) is 140 cm³/mol. The molecule has 34 heavy (non-hydrogen) atoms. The lowest BCUT2D eigenvalue weighted by atomic mass is 9.94. The SMILES string of the molecule is COc1cc2[nH]c(=O)c(-c3cccs3)c(-c3cccc(C=Cc4ccncc4)c3)c2cc1OC. The van der Waals surface area contributed by atoms with Gasteiger partial charge < -0.3 is 14.5 Å².